The molecule has 0 amide bonds. The standard InChI is InChI=1S/C5H3Br2ClF2/c1-2(6)3(7)4(9)5(8)10/h1H3/b3-2+,5-4+. The van der Waals surface area contributed by atoms with Crippen LogP contribution >= 0.6 is 43.5 Å². The molecule has 0 aliphatic carbocycles. The monoisotopic (exact) mass is 294 g/mol. The zero-order valence-electron chi connectivity index (χ0n) is 4.89. The predicted octanol–water partition coefficient (Wildman–Crippen LogP) is 4.35. The van der Waals surface area contributed by atoms with Gasteiger partial charge in [-0.25, -0.2) is 4.39 Å². The van der Waals surface area contributed by atoms with E-state index in [1.165, 1.54) is 0 Å². The van der Waals surface area contributed by atoms with Gasteiger partial charge in [0, 0.05) is 4.48 Å². The number of hydrogen-bond donors (Lipinski definition) is 0. The summed E-state index contributed by atoms with van der Waals surface area (Å²) in [5.41, 5.74) is 0. The molecule has 0 aliphatic heterocycles. The van der Waals surface area contributed by atoms with Crippen LogP contribution in [0.15, 0.2) is 20.1 Å². The Hall–Kier alpha value is 0.590. The van der Waals surface area contributed by atoms with E-state index in [2.05, 4.69) is 31.9 Å². The van der Waals surface area contributed by atoms with Crippen molar-refractivity contribution < 1.29 is 8.78 Å². The minimum absolute atomic E-state index is 0.0139. The van der Waals surface area contributed by atoms with Crippen molar-refractivity contribution in [1.29, 1.82) is 0 Å². The Morgan fingerprint density at radius 1 is 1.30 bits per heavy atom. The summed E-state index contributed by atoms with van der Waals surface area (Å²) in [6.45, 7) is 1.56. The molecule has 0 atom stereocenters. The van der Waals surface area contributed by atoms with Gasteiger partial charge in [-0.15, -0.1) is 0 Å². The lowest BCUT2D eigenvalue weighted by atomic mass is 10.5. The Kier molecular flexibility index (Phi) is 4.73. The van der Waals surface area contributed by atoms with Crippen LogP contribution in [0.2, 0.25) is 0 Å². The van der Waals surface area contributed by atoms with Gasteiger partial charge in [-0.2, -0.15) is 4.39 Å². The van der Waals surface area contributed by atoms with Crippen molar-refractivity contribution in [3.8, 4) is 0 Å². The van der Waals surface area contributed by atoms with Gasteiger partial charge < -0.3 is 0 Å². The van der Waals surface area contributed by atoms with Gasteiger partial charge in [0.15, 0.2) is 5.83 Å². The molecule has 0 N–H and O–H groups in total. The van der Waals surface area contributed by atoms with Crippen LogP contribution in [0.1, 0.15) is 6.92 Å². The van der Waals surface area contributed by atoms with Gasteiger partial charge in [0.2, 0.25) is 5.29 Å². The van der Waals surface area contributed by atoms with Crippen molar-refractivity contribution in [3.05, 3.63) is 20.1 Å². The minimum atomic E-state index is -1.36. The first-order chi connectivity index (χ1) is 4.46. The van der Waals surface area contributed by atoms with Crippen LogP contribution in [0.25, 0.3) is 0 Å². The first-order valence-electron chi connectivity index (χ1n) is 2.19. The van der Waals surface area contributed by atoms with Crippen LogP contribution in [-0.4, -0.2) is 0 Å². The molecule has 0 nitrogen and oxygen atoms in total. The predicted molar refractivity (Wildman–Crippen MR) is 45.6 cm³/mol. The summed E-state index contributed by atoms with van der Waals surface area (Å²) >= 11 is 10.4. The van der Waals surface area contributed by atoms with E-state index in [1.54, 1.807) is 6.92 Å². The maximum Gasteiger partial charge on any atom is 0.226 e. The molecule has 0 aromatic rings. The third-order valence-electron chi connectivity index (χ3n) is 0.661. The van der Waals surface area contributed by atoms with E-state index in [1.807, 2.05) is 0 Å². The summed E-state index contributed by atoms with van der Waals surface area (Å²) in [5.74, 6) is -1.10. The summed E-state index contributed by atoms with van der Waals surface area (Å²) in [6, 6.07) is 0. The molecule has 0 aromatic heterocycles. The van der Waals surface area contributed by atoms with Gasteiger partial charge in [-0.05, 0) is 34.5 Å². The second-order valence-corrected chi connectivity index (χ2v) is 3.74. The van der Waals surface area contributed by atoms with Gasteiger partial charge in [0.1, 0.15) is 0 Å². The molecule has 0 bridgehead atoms. The van der Waals surface area contributed by atoms with Crippen LogP contribution in [0, 0.1) is 0 Å². The van der Waals surface area contributed by atoms with Crippen LogP contribution in [0.4, 0.5) is 8.78 Å². The Labute approximate surface area is 79.2 Å². The molecule has 0 saturated carbocycles. The fraction of sp³-hybridized carbons (Fsp3) is 0.200. The SMILES string of the molecule is C/C(Br)=C(Br)/C(F)=C(\F)Cl. The molecule has 0 heterocycles. The van der Waals surface area contributed by atoms with Crippen molar-refractivity contribution in [2.75, 3.05) is 0 Å². The van der Waals surface area contributed by atoms with Gasteiger partial charge in [-0.3, -0.25) is 0 Å². The molecule has 0 fully saturated rings. The minimum Gasteiger partial charge on any atom is -0.201 e. The molecule has 0 aliphatic rings. The Bertz CT molecular complexity index is 168. The topological polar surface area (TPSA) is 0 Å². The van der Waals surface area contributed by atoms with Crippen LogP contribution in [0.5, 0.6) is 0 Å². The van der Waals surface area contributed by atoms with E-state index < -0.39 is 11.1 Å². The van der Waals surface area contributed by atoms with E-state index in [9.17, 15) is 8.78 Å². The maximum absolute atomic E-state index is 12.4. The fourth-order valence-electron chi connectivity index (χ4n) is 0.234. The molecule has 0 radical (unpaired) electrons. The largest absolute Gasteiger partial charge is 0.226 e. The second-order valence-electron chi connectivity index (χ2n) is 1.42. The number of allylic oxidation sites excluding steroid dienone is 3. The third-order valence-corrected chi connectivity index (χ3v) is 2.70. The summed E-state index contributed by atoms with van der Waals surface area (Å²) in [6.07, 6.45) is 0. The van der Waals surface area contributed by atoms with Crippen molar-refractivity contribution in [2.24, 2.45) is 0 Å². The van der Waals surface area contributed by atoms with Crippen LogP contribution in [-0.2, 0) is 0 Å². The molecule has 0 aromatic carbocycles. The molecule has 0 saturated heterocycles. The summed E-state index contributed by atoms with van der Waals surface area (Å²) in [4.78, 5) is 0. The van der Waals surface area contributed by atoms with E-state index >= 15 is 0 Å². The smallest absolute Gasteiger partial charge is 0.201 e. The zero-order chi connectivity index (χ0) is 8.31. The highest BCUT2D eigenvalue weighted by atomic mass is 79.9. The molecule has 58 valence electrons. The lowest BCUT2D eigenvalue weighted by Crippen LogP contribution is -1.76. The van der Waals surface area contributed by atoms with Gasteiger partial charge in [0.05, 0.1) is 4.48 Å². The van der Waals surface area contributed by atoms with Crippen LogP contribution in [0.3, 0.4) is 0 Å². The Balaban J connectivity index is 4.71. The van der Waals surface area contributed by atoms with Crippen molar-refractivity contribution in [3.63, 3.8) is 0 Å². The fourth-order valence-corrected chi connectivity index (χ4v) is 0.791. The normalized spacial score (nSPS) is 16.2. The van der Waals surface area contributed by atoms with Crippen molar-refractivity contribution in [2.45, 2.75) is 6.92 Å². The maximum atomic E-state index is 12.4. The van der Waals surface area contributed by atoms with E-state index in [0.29, 0.717) is 4.48 Å². The first-order valence-corrected chi connectivity index (χ1v) is 4.16. The average molecular weight is 296 g/mol. The third kappa shape index (κ3) is 3.12. The van der Waals surface area contributed by atoms with Crippen molar-refractivity contribution >= 4 is 43.5 Å². The summed E-state index contributed by atoms with van der Waals surface area (Å²) < 4.78 is 24.7. The quantitative estimate of drug-likeness (QED) is 0.631. The highest BCUT2D eigenvalue weighted by Crippen LogP contribution is 2.29. The number of halogens is 5. The zero-order valence-corrected chi connectivity index (χ0v) is 8.82. The Morgan fingerprint density at radius 2 is 1.70 bits per heavy atom. The number of hydrogen-bond acceptors (Lipinski definition) is 0. The highest BCUT2D eigenvalue weighted by Gasteiger charge is 2.08. The lowest BCUT2D eigenvalue weighted by Gasteiger charge is -1.94. The second kappa shape index (κ2) is 4.46. The summed E-state index contributed by atoms with van der Waals surface area (Å²) in [7, 11) is 0. The molecule has 5 heteroatoms. The molecular weight excluding hydrogens is 293 g/mol. The van der Waals surface area contributed by atoms with Gasteiger partial charge in [0.25, 0.3) is 0 Å². The van der Waals surface area contributed by atoms with Crippen molar-refractivity contribution in [1.82, 2.24) is 0 Å². The van der Waals surface area contributed by atoms with Crippen LogP contribution < -0.4 is 0 Å². The highest BCUT2D eigenvalue weighted by molar-refractivity contribution is 9.14. The molecule has 0 rings (SSSR count). The van der Waals surface area contributed by atoms with Gasteiger partial charge >= 0.3 is 0 Å². The Morgan fingerprint density at radius 3 is 1.80 bits per heavy atom. The van der Waals surface area contributed by atoms with E-state index in [4.69, 9.17) is 11.6 Å². The molecule has 0 unspecified atom stereocenters. The van der Waals surface area contributed by atoms with Gasteiger partial charge in [-0.1, -0.05) is 15.9 Å². The first kappa shape index (κ1) is 10.6. The molecule has 0 spiro atoms. The summed E-state index contributed by atoms with van der Waals surface area (Å²) in [5, 5.41) is -1.36. The van der Waals surface area contributed by atoms with E-state index in [0.717, 1.165) is 0 Å². The number of rotatable bonds is 1. The average Bonchev–Trinajstić information content (AvgIpc) is 1.84. The molecular formula is C5H3Br2ClF2. The lowest BCUT2D eigenvalue weighted by molar-refractivity contribution is 0.588. The molecule has 10 heavy (non-hydrogen) atoms. The van der Waals surface area contributed by atoms with E-state index in [-0.39, 0.29) is 4.48 Å².